The summed E-state index contributed by atoms with van der Waals surface area (Å²) in [5, 5.41) is 14.1. The molecule has 1 aromatic rings. The van der Waals surface area contributed by atoms with E-state index in [1.54, 1.807) is 0 Å². The second-order valence-corrected chi connectivity index (χ2v) is 6.26. The van der Waals surface area contributed by atoms with Gasteiger partial charge in [0.15, 0.2) is 0 Å². The van der Waals surface area contributed by atoms with Gasteiger partial charge in [0.25, 0.3) is 0 Å². The molecule has 19 heavy (non-hydrogen) atoms. The molecule has 104 valence electrons. The zero-order chi connectivity index (χ0) is 13.9. The number of anilines is 2. The molecule has 0 aromatic carbocycles. The molecule has 1 aromatic heterocycles. The molecule has 0 bridgehead atoms. The molecule has 1 atom stereocenters. The number of thioether (sulfide) groups is 1. The van der Waals surface area contributed by atoms with Crippen molar-refractivity contribution in [2.75, 3.05) is 23.0 Å². The first kappa shape index (κ1) is 13.8. The minimum absolute atomic E-state index is 0.00623. The second-order valence-electron chi connectivity index (χ2n) is 4.58. The Balaban J connectivity index is 2.17. The Bertz CT molecular complexity index is 477. The van der Waals surface area contributed by atoms with Crippen molar-refractivity contribution in [3.8, 4) is 0 Å². The Morgan fingerprint density at radius 3 is 2.89 bits per heavy atom. The van der Waals surface area contributed by atoms with Crippen LogP contribution < -0.4 is 16.6 Å². The molecule has 0 aliphatic carbocycles. The summed E-state index contributed by atoms with van der Waals surface area (Å²) in [6.45, 7) is 2.77. The van der Waals surface area contributed by atoms with Crippen molar-refractivity contribution in [1.29, 1.82) is 0 Å². The molecule has 0 radical (unpaired) electrons. The number of nitro groups is 1. The second kappa shape index (κ2) is 5.57. The highest BCUT2D eigenvalue weighted by Crippen LogP contribution is 2.38. The van der Waals surface area contributed by atoms with Crippen molar-refractivity contribution in [3.05, 3.63) is 16.4 Å². The predicted molar refractivity (Wildman–Crippen MR) is 75.1 cm³/mol. The zero-order valence-electron chi connectivity index (χ0n) is 10.5. The topological polar surface area (TPSA) is 119 Å². The summed E-state index contributed by atoms with van der Waals surface area (Å²) < 4.78 is 0.0924. The van der Waals surface area contributed by atoms with Gasteiger partial charge in [-0.3, -0.25) is 10.1 Å². The minimum Gasteiger partial charge on any atom is -0.363 e. The molecular formula is C10H16N6O2S. The zero-order valence-corrected chi connectivity index (χ0v) is 11.4. The van der Waals surface area contributed by atoms with Gasteiger partial charge in [0.05, 0.1) is 4.92 Å². The number of hydrogen-bond acceptors (Lipinski definition) is 8. The van der Waals surface area contributed by atoms with Crippen LogP contribution in [0, 0.1) is 10.1 Å². The predicted octanol–water partition coefficient (Wildman–Crippen LogP) is 1.37. The summed E-state index contributed by atoms with van der Waals surface area (Å²) in [6.07, 6.45) is 3.50. The lowest BCUT2D eigenvalue weighted by atomic mass is 10.1. The smallest absolute Gasteiger partial charge is 0.354 e. The van der Waals surface area contributed by atoms with Crippen LogP contribution in [0.25, 0.3) is 0 Å². The molecule has 1 aliphatic rings. The number of nitrogens with zero attached hydrogens (tertiary/aromatic N) is 3. The van der Waals surface area contributed by atoms with E-state index in [-0.39, 0.29) is 22.1 Å². The van der Waals surface area contributed by atoms with Crippen LogP contribution in [-0.4, -0.2) is 31.9 Å². The number of hydrogen-bond donors (Lipinski definition) is 3. The Kier molecular flexibility index (Phi) is 4.05. The van der Waals surface area contributed by atoms with Gasteiger partial charge < -0.3 is 10.7 Å². The third-order valence-electron chi connectivity index (χ3n) is 3.07. The van der Waals surface area contributed by atoms with E-state index in [1.165, 1.54) is 12.7 Å². The molecule has 1 unspecified atom stereocenters. The van der Waals surface area contributed by atoms with Crippen LogP contribution in [0.3, 0.4) is 0 Å². The largest absolute Gasteiger partial charge is 0.363 e. The van der Waals surface area contributed by atoms with Crippen molar-refractivity contribution in [1.82, 2.24) is 9.97 Å². The monoisotopic (exact) mass is 284 g/mol. The van der Waals surface area contributed by atoms with Gasteiger partial charge in [0, 0.05) is 11.3 Å². The number of nitrogens with one attached hydrogen (secondary N) is 2. The Morgan fingerprint density at radius 2 is 2.32 bits per heavy atom. The average molecular weight is 284 g/mol. The minimum atomic E-state index is -0.540. The molecule has 1 aliphatic heterocycles. The molecule has 0 amide bonds. The fourth-order valence-corrected chi connectivity index (χ4v) is 3.28. The van der Waals surface area contributed by atoms with Crippen LogP contribution in [0.4, 0.5) is 17.3 Å². The molecule has 4 N–H and O–H groups in total. The number of hydrazine groups is 1. The van der Waals surface area contributed by atoms with Gasteiger partial charge in [-0.1, -0.05) is 0 Å². The molecule has 8 nitrogen and oxygen atoms in total. The summed E-state index contributed by atoms with van der Waals surface area (Å²) in [5.74, 6) is 6.55. The number of nitrogens with two attached hydrogens (primary N) is 1. The average Bonchev–Trinajstić information content (AvgIpc) is 2.83. The fourth-order valence-electron chi connectivity index (χ4n) is 2.03. The molecule has 1 saturated heterocycles. The lowest BCUT2D eigenvalue weighted by molar-refractivity contribution is -0.383. The van der Waals surface area contributed by atoms with E-state index in [9.17, 15) is 10.1 Å². The van der Waals surface area contributed by atoms with Crippen molar-refractivity contribution in [3.63, 3.8) is 0 Å². The van der Waals surface area contributed by atoms with E-state index in [4.69, 9.17) is 5.84 Å². The van der Waals surface area contributed by atoms with Crippen LogP contribution in [0.1, 0.15) is 19.8 Å². The van der Waals surface area contributed by atoms with Gasteiger partial charge in [-0.15, -0.1) is 0 Å². The summed E-state index contributed by atoms with van der Waals surface area (Å²) in [5.41, 5.74) is 1.99. The van der Waals surface area contributed by atoms with E-state index in [0.29, 0.717) is 6.54 Å². The van der Waals surface area contributed by atoms with E-state index in [2.05, 4.69) is 27.6 Å². The normalized spacial score (nSPS) is 22.2. The highest BCUT2D eigenvalue weighted by atomic mass is 32.2. The Hall–Kier alpha value is -1.61. The molecule has 1 fully saturated rings. The summed E-state index contributed by atoms with van der Waals surface area (Å²) in [7, 11) is 0. The Labute approximate surface area is 114 Å². The number of rotatable bonds is 5. The first-order valence-electron chi connectivity index (χ1n) is 5.89. The quantitative estimate of drug-likeness (QED) is 0.421. The third-order valence-corrected chi connectivity index (χ3v) is 4.61. The van der Waals surface area contributed by atoms with Crippen molar-refractivity contribution in [2.24, 2.45) is 5.84 Å². The third kappa shape index (κ3) is 3.04. The van der Waals surface area contributed by atoms with E-state index < -0.39 is 4.92 Å². The van der Waals surface area contributed by atoms with E-state index in [0.717, 1.165) is 12.2 Å². The number of nitrogen functional groups attached to an aromatic ring is 1. The molecule has 0 saturated carbocycles. The highest BCUT2D eigenvalue weighted by Gasteiger charge is 2.31. The first-order chi connectivity index (χ1) is 9.06. The van der Waals surface area contributed by atoms with Gasteiger partial charge in [-0.2, -0.15) is 11.8 Å². The lowest BCUT2D eigenvalue weighted by Crippen LogP contribution is -2.28. The summed E-state index contributed by atoms with van der Waals surface area (Å²) in [4.78, 5) is 18.2. The molecule has 9 heteroatoms. The van der Waals surface area contributed by atoms with E-state index >= 15 is 0 Å². The van der Waals surface area contributed by atoms with Crippen LogP contribution in [-0.2, 0) is 0 Å². The molecule has 2 rings (SSSR count). The lowest BCUT2D eigenvalue weighted by Gasteiger charge is -2.23. The van der Waals surface area contributed by atoms with Gasteiger partial charge in [-0.05, 0) is 25.5 Å². The van der Waals surface area contributed by atoms with Crippen LogP contribution >= 0.6 is 11.8 Å². The molecule has 2 heterocycles. The Morgan fingerprint density at radius 1 is 1.58 bits per heavy atom. The fraction of sp³-hybridized carbons (Fsp3) is 0.600. The van der Waals surface area contributed by atoms with Crippen molar-refractivity contribution < 1.29 is 4.92 Å². The van der Waals surface area contributed by atoms with Gasteiger partial charge in [0.2, 0.25) is 11.6 Å². The maximum atomic E-state index is 11.1. The van der Waals surface area contributed by atoms with Crippen molar-refractivity contribution >= 4 is 29.1 Å². The number of aromatic nitrogens is 2. The van der Waals surface area contributed by atoms with Crippen LogP contribution in [0.2, 0.25) is 0 Å². The van der Waals surface area contributed by atoms with Crippen LogP contribution in [0.5, 0.6) is 0 Å². The summed E-state index contributed by atoms with van der Waals surface area (Å²) >= 11 is 1.87. The molecular weight excluding hydrogens is 268 g/mol. The van der Waals surface area contributed by atoms with Gasteiger partial charge in [-0.25, -0.2) is 15.8 Å². The van der Waals surface area contributed by atoms with Gasteiger partial charge in [0.1, 0.15) is 6.33 Å². The van der Waals surface area contributed by atoms with Crippen LogP contribution in [0.15, 0.2) is 6.33 Å². The van der Waals surface area contributed by atoms with Crippen molar-refractivity contribution in [2.45, 2.75) is 24.5 Å². The highest BCUT2D eigenvalue weighted by molar-refractivity contribution is 8.00. The first-order valence-corrected chi connectivity index (χ1v) is 6.88. The molecule has 0 spiro atoms. The van der Waals surface area contributed by atoms with E-state index in [1.807, 2.05) is 11.8 Å². The maximum Gasteiger partial charge on any atom is 0.354 e. The van der Waals surface area contributed by atoms with Gasteiger partial charge >= 0.3 is 5.69 Å². The summed E-state index contributed by atoms with van der Waals surface area (Å²) in [6, 6.07) is 0. The maximum absolute atomic E-state index is 11.1. The SMILES string of the molecule is CC1(CNc2ncnc(NN)c2[N+](=O)[O-])CCCS1. The standard InChI is InChI=1S/C10H16N6O2S/c1-10(3-2-4-19-10)5-12-8-7(16(17)18)9(15-11)14-6-13-8/h6H,2-5,11H2,1H3,(H2,12,13,14,15).